The minimum Gasteiger partial charge on any atom is -0.395 e. The van der Waals surface area contributed by atoms with Gasteiger partial charge in [0.25, 0.3) is 0 Å². The minimum atomic E-state index is -0.351. The first kappa shape index (κ1) is 21.8. The number of aliphatic hydroxyl groups excluding tert-OH is 3. The predicted octanol–water partition coefficient (Wildman–Crippen LogP) is 2.94. The molecule has 0 radical (unpaired) electrons. The Morgan fingerprint density at radius 3 is 1.55 bits per heavy atom. The summed E-state index contributed by atoms with van der Waals surface area (Å²) in [5.74, 6) is 0. The van der Waals surface area contributed by atoms with Gasteiger partial charge in [0.2, 0.25) is 0 Å². The molecule has 3 N–H and O–H groups in total. The van der Waals surface area contributed by atoms with Crippen LogP contribution in [-0.4, -0.2) is 58.7 Å². The maximum Gasteiger partial charge on any atom is 0.0667 e. The molecule has 22 heavy (non-hydrogen) atoms. The summed E-state index contributed by atoms with van der Waals surface area (Å²) in [6.07, 6.45) is 10.3. The summed E-state index contributed by atoms with van der Waals surface area (Å²) < 4.78 is 0. The highest BCUT2D eigenvalue weighted by molar-refractivity contribution is 4.69. The Morgan fingerprint density at radius 2 is 1.18 bits per heavy atom. The highest BCUT2D eigenvalue weighted by atomic mass is 16.3. The monoisotopic (exact) mass is 317 g/mol. The van der Waals surface area contributed by atoms with Gasteiger partial charge in [-0.3, -0.25) is 4.90 Å². The largest absolute Gasteiger partial charge is 0.395 e. The first-order chi connectivity index (χ1) is 10.6. The molecule has 2 atom stereocenters. The normalized spacial score (nSPS) is 14.5. The summed E-state index contributed by atoms with van der Waals surface area (Å²) in [5.41, 5.74) is 0. The van der Waals surface area contributed by atoms with Crippen LogP contribution in [0.3, 0.4) is 0 Å². The van der Waals surface area contributed by atoms with Crippen molar-refractivity contribution in [2.75, 3.05) is 26.2 Å². The zero-order valence-electron chi connectivity index (χ0n) is 14.8. The van der Waals surface area contributed by atoms with Crippen molar-refractivity contribution < 1.29 is 15.3 Å². The molecule has 134 valence electrons. The maximum atomic E-state index is 10.1. The zero-order valence-corrected chi connectivity index (χ0v) is 14.8. The van der Waals surface area contributed by atoms with Gasteiger partial charge in [0.05, 0.1) is 18.8 Å². The SMILES string of the molecule is CCCCCCC(O)CN(CCO)CC(O)CCCCCC. The maximum absolute atomic E-state index is 10.1. The average molecular weight is 318 g/mol. The lowest BCUT2D eigenvalue weighted by Gasteiger charge is -2.26. The minimum absolute atomic E-state index is 0.0745. The quantitative estimate of drug-likeness (QED) is 0.383. The molecule has 0 spiro atoms. The third kappa shape index (κ3) is 13.5. The standard InChI is InChI=1S/C18H39NO3/c1-3-5-7-9-11-17(21)15-19(13-14-20)16-18(22)12-10-8-6-4-2/h17-18,20-22H,3-16H2,1-2H3. The van der Waals surface area contributed by atoms with Gasteiger partial charge in [-0.2, -0.15) is 0 Å². The van der Waals surface area contributed by atoms with Crippen molar-refractivity contribution in [3.05, 3.63) is 0 Å². The number of aliphatic hydroxyl groups is 3. The number of hydrogen-bond acceptors (Lipinski definition) is 4. The van der Waals surface area contributed by atoms with Gasteiger partial charge >= 0.3 is 0 Å². The van der Waals surface area contributed by atoms with Gasteiger partial charge in [0.15, 0.2) is 0 Å². The van der Waals surface area contributed by atoms with Crippen LogP contribution in [0.15, 0.2) is 0 Å². The number of unbranched alkanes of at least 4 members (excludes halogenated alkanes) is 6. The van der Waals surface area contributed by atoms with Crippen molar-refractivity contribution in [3.8, 4) is 0 Å². The molecule has 0 saturated carbocycles. The molecule has 0 heterocycles. The second-order valence-corrected chi connectivity index (χ2v) is 6.49. The van der Waals surface area contributed by atoms with E-state index in [2.05, 4.69) is 13.8 Å². The van der Waals surface area contributed by atoms with Crippen molar-refractivity contribution in [1.29, 1.82) is 0 Å². The van der Waals surface area contributed by atoms with E-state index in [1.54, 1.807) is 0 Å². The second-order valence-electron chi connectivity index (χ2n) is 6.49. The molecule has 0 aliphatic heterocycles. The average Bonchev–Trinajstić information content (AvgIpc) is 2.48. The van der Waals surface area contributed by atoms with Gasteiger partial charge in [-0.1, -0.05) is 65.2 Å². The highest BCUT2D eigenvalue weighted by Crippen LogP contribution is 2.10. The van der Waals surface area contributed by atoms with E-state index in [9.17, 15) is 10.2 Å². The number of nitrogens with zero attached hydrogens (tertiary/aromatic N) is 1. The summed E-state index contributed by atoms with van der Waals surface area (Å²) in [6.45, 7) is 6.07. The van der Waals surface area contributed by atoms with Gasteiger partial charge in [-0.15, -0.1) is 0 Å². The lowest BCUT2D eigenvalue weighted by molar-refractivity contribution is 0.0519. The van der Waals surface area contributed by atoms with Crippen LogP contribution < -0.4 is 0 Å². The molecule has 0 bridgehead atoms. The van der Waals surface area contributed by atoms with Gasteiger partial charge < -0.3 is 15.3 Å². The van der Waals surface area contributed by atoms with Crippen molar-refractivity contribution in [3.63, 3.8) is 0 Å². The molecule has 0 aromatic heterocycles. The molecule has 0 saturated heterocycles. The summed E-state index contributed by atoms with van der Waals surface area (Å²) >= 11 is 0. The fourth-order valence-electron chi connectivity index (χ4n) is 2.79. The lowest BCUT2D eigenvalue weighted by Crippen LogP contribution is -2.39. The van der Waals surface area contributed by atoms with Gasteiger partial charge in [-0.25, -0.2) is 0 Å². The van der Waals surface area contributed by atoms with Crippen molar-refractivity contribution in [2.45, 2.75) is 90.3 Å². The molecule has 0 fully saturated rings. The first-order valence-corrected chi connectivity index (χ1v) is 9.33. The fraction of sp³-hybridized carbons (Fsp3) is 1.00. The van der Waals surface area contributed by atoms with Gasteiger partial charge in [-0.05, 0) is 12.8 Å². The van der Waals surface area contributed by atoms with Crippen LogP contribution in [-0.2, 0) is 0 Å². The molecule has 0 aliphatic rings. The lowest BCUT2D eigenvalue weighted by atomic mass is 10.1. The molecule has 0 amide bonds. The summed E-state index contributed by atoms with van der Waals surface area (Å²) in [4.78, 5) is 2.00. The Kier molecular flexibility index (Phi) is 15.6. The van der Waals surface area contributed by atoms with E-state index in [1.807, 2.05) is 4.90 Å². The third-order valence-corrected chi connectivity index (χ3v) is 4.14. The molecule has 4 heteroatoms. The molecule has 0 aromatic rings. The van der Waals surface area contributed by atoms with Crippen LogP contribution in [0.25, 0.3) is 0 Å². The van der Waals surface area contributed by atoms with E-state index < -0.39 is 0 Å². The topological polar surface area (TPSA) is 63.9 Å². The van der Waals surface area contributed by atoms with Crippen molar-refractivity contribution in [1.82, 2.24) is 4.90 Å². The van der Waals surface area contributed by atoms with Crippen LogP contribution in [0, 0.1) is 0 Å². The number of hydrogen-bond donors (Lipinski definition) is 3. The summed E-state index contributed by atoms with van der Waals surface area (Å²) in [6, 6.07) is 0. The zero-order chi connectivity index (χ0) is 16.6. The van der Waals surface area contributed by atoms with E-state index in [1.165, 1.54) is 38.5 Å². The highest BCUT2D eigenvalue weighted by Gasteiger charge is 2.15. The Labute approximate surface area is 137 Å². The molecule has 0 rings (SSSR count). The van der Waals surface area contributed by atoms with Crippen LogP contribution >= 0.6 is 0 Å². The molecule has 4 nitrogen and oxygen atoms in total. The van der Waals surface area contributed by atoms with E-state index in [0.717, 1.165) is 25.7 Å². The molecule has 2 unspecified atom stereocenters. The van der Waals surface area contributed by atoms with Crippen molar-refractivity contribution >= 4 is 0 Å². The predicted molar refractivity (Wildman–Crippen MR) is 93.1 cm³/mol. The van der Waals surface area contributed by atoms with E-state index in [0.29, 0.717) is 19.6 Å². The number of rotatable bonds is 16. The molecular weight excluding hydrogens is 278 g/mol. The van der Waals surface area contributed by atoms with Crippen LogP contribution in [0.2, 0.25) is 0 Å². The molecule has 0 aromatic carbocycles. The van der Waals surface area contributed by atoms with Gasteiger partial charge in [0, 0.05) is 19.6 Å². The summed E-state index contributed by atoms with van der Waals surface area (Å²) in [7, 11) is 0. The first-order valence-electron chi connectivity index (χ1n) is 9.33. The van der Waals surface area contributed by atoms with E-state index >= 15 is 0 Å². The van der Waals surface area contributed by atoms with E-state index in [4.69, 9.17) is 5.11 Å². The van der Waals surface area contributed by atoms with Crippen LogP contribution in [0.5, 0.6) is 0 Å². The fourth-order valence-corrected chi connectivity index (χ4v) is 2.79. The van der Waals surface area contributed by atoms with E-state index in [-0.39, 0.29) is 18.8 Å². The van der Waals surface area contributed by atoms with Crippen LogP contribution in [0.1, 0.15) is 78.1 Å². The Bertz CT molecular complexity index is 206. The molecule has 0 aliphatic carbocycles. The Balaban J connectivity index is 3.91. The third-order valence-electron chi connectivity index (χ3n) is 4.14. The van der Waals surface area contributed by atoms with Crippen molar-refractivity contribution in [2.24, 2.45) is 0 Å². The Hall–Kier alpha value is -0.160. The smallest absolute Gasteiger partial charge is 0.0667 e. The second kappa shape index (κ2) is 15.7. The van der Waals surface area contributed by atoms with Crippen LogP contribution in [0.4, 0.5) is 0 Å². The summed E-state index contributed by atoms with van der Waals surface area (Å²) in [5, 5.41) is 29.3. The van der Waals surface area contributed by atoms with Gasteiger partial charge in [0.1, 0.15) is 0 Å². The molecular formula is C18H39NO3. The Morgan fingerprint density at radius 1 is 0.727 bits per heavy atom.